The van der Waals surface area contributed by atoms with E-state index in [2.05, 4.69) is 0 Å². The van der Waals surface area contributed by atoms with Crippen LogP contribution in [0.1, 0.15) is 24.1 Å². The summed E-state index contributed by atoms with van der Waals surface area (Å²) in [5, 5.41) is 0. The molecule has 0 unspecified atom stereocenters. The minimum Gasteiger partial charge on any atom is -0.486 e. The van der Waals surface area contributed by atoms with Gasteiger partial charge in [0.2, 0.25) is 0 Å². The van der Waals surface area contributed by atoms with Crippen molar-refractivity contribution in [2.45, 2.75) is 18.9 Å². The Morgan fingerprint density at radius 2 is 2.13 bits per heavy atom. The molecule has 84 valence electrons. The second kappa shape index (κ2) is 3.94. The molecule has 0 amide bonds. The zero-order chi connectivity index (χ0) is 10.3. The molecule has 1 aliphatic heterocycles. The van der Waals surface area contributed by atoms with Crippen LogP contribution in [0.3, 0.4) is 0 Å². The quantitative estimate of drug-likeness (QED) is 0.812. The monoisotopic (exact) mass is 235 g/mol. The number of ether oxygens (including phenoxy) is 1. The Morgan fingerprint density at radius 3 is 2.73 bits per heavy atom. The largest absolute Gasteiger partial charge is 0.486 e. The molecule has 1 aromatic rings. The number of para-hydroxylation sites is 1. The van der Waals surface area contributed by atoms with Crippen LogP contribution >= 0.6 is 12.4 Å². The number of alkyl halides is 2. The van der Waals surface area contributed by atoms with Crippen molar-refractivity contribution in [3.8, 4) is 5.75 Å². The Labute approximate surface area is 92.8 Å². The van der Waals surface area contributed by atoms with Crippen LogP contribution in [0.2, 0.25) is 0 Å². The van der Waals surface area contributed by atoms with Crippen molar-refractivity contribution < 1.29 is 13.5 Å². The molecule has 15 heavy (non-hydrogen) atoms. The molecule has 1 aromatic carbocycles. The van der Waals surface area contributed by atoms with Crippen molar-refractivity contribution in [1.29, 1.82) is 0 Å². The minimum atomic E-state index is -2.87. The third-order valence-corrected chi connectivity index (χ3v) is 2.33. The lowest BCUT2D eigenvalue weighted by Gasteiger charge is -2.10. The zero-order valence-corrected chi connectivity index (χ0v) is 8.98. The smallest absolute Gasteiger partial charge is 0.310 e. The highest BCUT2D eigenvalue weighted by Gasteiger charge is 2.42. The highest BCUT2D eigenvalue weighted by Crippen LogP contribution is 2.44. The molecule has 2 nitrogen and oxygen atoms in total. The Kier molecular flexibility index (Phi) is 3.21. The summed E-state index contributed by atoms with van der Waals surface area (Å²) in [7, 11) is 0. The van der Waals surface area contributed by atoms with Gasteiger partial charge in [-0.2, -0.15) is 8.78 Å². The van der Waals surface area contributed by atoms with Gasteiger partial charge in [0.1, 0.15) is 5.75 Å². The van der Waals surface area contributed by atoms with Gasteiger partial charge in [-0.1, -0.05) is 12.1 Å². The van der Waals surface area contributed by atoms with E-state index in [1.165, 1.54) is 6.07 Å². The number of hydrogen-bond acceptors (Lipinski definition) is 2. The van der Waals surface area contributed by atoms with Gasteiger partial charge in [-0.25, -0.2) is 0 Å². The number of benzene rings is 1. The average molecular weight is 236 g/mol. The summed E-state index contributed by atoms with van der Waals surface area (Å²) in [6.07, 6.45) is 0. The van der Waals surface area contributed by atoms with Crippen LogP contribution < -0.4 is 10.5 Å². The lowest BCUT2D eigenvalue weighted by atomic mass is 10.0. The predicted molar refractivity (Wildman–Crippen MR) is 55.7 cm³/mol. The van der Waals surface area contributed by atoms with Crippen LogP contribution in [0.5, 0.6) is 5.75 Å². The number of hydrogen-bond donors (Lipinski definition) is 1. The maximum atomic E-state index is 13.2. The van der Waals surface area contributed by atoms with E-state index in [4.69, 9.17) is 10.5 Å². The molecule has 0 fully saturated rings. The molecule has 1 heterocycles. The summed E-state index contributed by atoms with van der Waals surface area (Å²) in [5.74, 6) is -2.62. The lowest BCUT2D eigenvalue weighted by Crippen LogP contribution is -2.14. The lowest BCUT2D eigenvalue weighted by molar-refractivity contribution is -0.0214. The van der Waals surface area contributed by atoms with Crippen LogP contribution in [-0.4, -0.2) is 6.61 Å². The third kappa shape index (κ3) is 1.92. The van der Waals surface area contributed by atoms with E-state index in [9.17, 15) is 8.78 Å². The van der Waals surface area contributed by atoms with Gasteiger partial charge in [0, 0.05) is 11.6 Å². The molecule has 0 radical (unpaired) electrons. The van der Waals surface area contributed by atoms with Crippen LogP contribution in [-0.2, 0) is 5.92 Å². The van der Waals surface area contributed by atoms with E-state index in [1.807, 2.05) is 0 Å². The Balaban J connectivity index is 0.00000112. The number of halogens is 3. The standard InChI is InChI=1S/C10H11F2NO.ClH/c1-6(13)7-3-2-4-8-9(7)14-5-10(8,11)12;/h2-4,6H,5,13H2,1H3;1H/t6-;/m1./s1. The van der Waals surface area contributed by atoms with Crippen LogP contribution in [0, 0.1) is 0 Å². The molecule has 0 aromatic heterocycles. The number of nitrogens with two attached hydrogens (primary N) is 1. The van der Waals surface area contributed by atoms with E-state index >= 15 is 0 Å². The van der Waals surface area contributed by atoms with Gasteiger partial charge in [0.25, 0.3) is 0 Å². The zero-order valence-electron chi connectivity index (χ0n) is 8.17. The molecule has 1 atom stereocenters. The Morgan fingerprint density at radius 1 is 1.47 bits per heavy atom. The molecule has 0 saturated carbocycles. The van der Waals surface area contributed by atoms with Crippen LogP contribution in [0.15, 0.2) is 18.2 Å². The van der Waals surface area contributed by atoms with Crippen molar-refractivity contribution in [3.63, 3.8) is 0 Å². The van der Waals surface area contributed by atoms with E-state index in [1.54, 1.807) is 19.1 Å². The number of fused-ring (bicyclic) bond motifs is 1. The fourth-order valence-corrected chi connectivity index (χ4v) is 1.60. The summed E-state index contributed by atoms with van der Waals surface area (Å²) in [6, 6.07) is 4.39. The molecule has 1 aliphatic rings. The van der Waals surface area contributed by atoms with E-state index in [-0.39, 0.29) is 29.8 Å². The summed E-state index contributed by atoms with van der Waals surface area (Å²) < 4.78 is 31.4. The SMILES string of the molecule is C[C@@H](N)c1cccc2c1OCC2(F)F.Cl. The molecule has 2 N–H and O–H groups in total. The van der Waals surface area contributed by atoms with E-state index in [0.29, 0.717) is 5.56 Å². The molecular formula is C10H12ClF2NO. The Bertz CT molecular complexity index is 368. The molecule has 0 aliphatic carbocycles. The second-order valence-electron chi connectivity index (χ2n) is 3.51. The van der Waals surface area contributed by atoms with Crippen molar-refractivity contribution in [2.24, 2.45) is 5.73 Å². The average Bonchev–Trinajstić information content (AvgIpc) is 2.42. The molecule has 2 rings (SSSR count). The summed E-state index contributed by atoms with van der Waals surface area (Å²) in [4.78, 5) is 0. The number of rotatable bonds is 1. The molecule has 0 spiro atoms. The third-order valence-electron chi connectivity index (χ3n) is 2.33. The van der Waals surface area contributed by atoms with Crippen LogP contribution in [0.4, 0.5) is 8.78 Å². The van der Waals surface area contributed by atoms with Gasteiger partial charge in [-0.3, -0.25) is 0 Å². The first kappa shape index (κ1) is 12.2. The summed E-state index contributed by atoms with van der Waals surface area (Å²) >= 11 is 0. The first-order valence-electron chi connectivity index (χ1n) is 4.42. The van der Waals surface area contributed by atoms with Gasteiger partial charge in [-0.15, -0.1) is 12.4 Å². The maximum Gasteiger partial charge on any atom is 0.310 e. The van der Waals surface area contributed by atoms with Crippen LogP contribution in [0.25, 0.3) is 0 Å². The maximum absolute atomic E-state index is 13.2. The predicted octanol–water partition coefficient (Wildman–Crippen LogP) is 2.61. The minimum absolute atomic E-state index is 0. The topological polar surface area (TPSA) is 35.2 Å². The first-order valence-corrected chi connectivity index (χ1v) is 4.42. The Hall–Kier alpha value is -0.870. The normalized spacial score (nSPS) is 18.7. The highest BCUT2D eigenvalue weighted by atomic mass is 35.5. The fraction of sp³-hybridized carbons (Fsp3) is 0.400. The summed E-state index contributed by atoms with van der Waals surface area (Å²) in [5.41, 5.74) is 6.24. The van der Waals surface area contributed by atoms with Gasteiger partial charge < -0.3 is 10.5 Å². The molecule has 0 saturated heterocycles. The molecular weight excluding hydrogens is 224 g/mol. The van der Waals surface area contributed by atoms with Crippen molar-refractivity contribution in [1.82, 2.24) is 0 Å². The van der Waals surface area contributed by atoms with Gasteiger partial charge >= 0.3 is 5.92 Å². The highest BCUT2D eigenvalue weighted by molar-refractivity contribution is 5.85. The first-order chi connectivity index (χ1) is 6.52. The van der Waals surface area contributed by atoms with E-state index in [0.717, 1.165) is 0 Å². The van der Waals surface area contributed by atoms with Gasteiger partial charge in [0.05, 0.1) is 5.56 Å². The van der Waals surface area contributed by atoms with Crippen molar-refractivity contribution >= 4 is 12.4 Å². The molecule has 5 heteroatoms. The summed E-state index contributed by atoms with van der Waals surface area (Å²) in [6.45, 7) is 1.17. The van der Waals surface area contributed by atoms with Crippen molar-refractivity contribution in [2.75, 3.05) is 6.61 Å². The van der Waals surface area contributed by atoms with Crippen molar-refractivity contribution in [3.05, 3.63) is 29.3 Å². The van der Waals surface area contributed by atoms with E-state index < -0.39 is 12.5 Å². The molecule has 0 bridgehead atoms. The second-order valence-corrected chi connectivity index (χ2v) is 3.51. The fourth-order valence-electron chi connectivity index (χ4n) is 1.60. The van der Waals surface area contributed by atoms with Gasteiger partial charge in [-0.05, 0) is 13.0 Å². The van der Waals surface area contributed by atoms with Gasteiger partial charge in [0.15, 0.2) is 6.61 Å².